The van der Waals surface area contributed by atoms with Crippen LogP contribution in [0.15, 0.2) is 40.9 Å². The highest BCUT2D eigenvalue weighted by molar-refractivity contribution is 9.10. The zero-order chi connectivity index (χ0) is 14.3. The molecule has 0 N–H and O–H groups in total. The van der Waals surface area contributed by atoms with Crippen LogP contribution in [0, 0.1) is 17.1 Å². The molecule has 0 unspecified atom stereocenters. The predicted molar refractivity (Wildman–Crippen MR) is 78.5 cm³/mol. The lowest BCUT2D eigenvalue weighted by atomic mass is 10.2. The molecular formula is C15H9BrFN3. The van der Waals surface area contributed by atoms with Gasteiger partial charge in [0.25, 0.3) is 0 Å². The van der Waals surface area contributed by atoms with Gasteiger partial charge in [0.2, 0.25) is 0 Å². The van der Waals surface area contributed by atoms with E-state index in [4.69, 9.17) is 5.26 Å². The Labute approximate surface area is 123 Å². The number of hydrogen-bond acceptors (Lipinski definition) is 2. The largest absolute Gasteiger partial charge is 0.327 e. The molecule has 20 heavy (non-hydrogen) atoms. The van der Waals surface area contributed by atoms with E-state index < -0.39 is 0 Å². The van der Waals surface area contributed by atoms with E-state index in [2.05, 4.69) is 27.0 Å². The van der Waals surface area contributed by atoms with Gasteiger partial charge in [0.1, 0.15) is 11.6 Å². The molecule has 0 amide bonds. The maximum absolute atomic E-state index is 13.5. The first-order chi connectivity index (χ1) is 9.58. The number of imidazole rings is 1. The van der Waals surface area contributed by atoms with Gasteiger partial charge in [0, 0.05) is 17.1 Å². The van der Waals surface area contributed by atoms with Crippen LogP contribution in [0.25, 0.3) is 22.4 Å². The number of rotatable bonds is 1. The molecule has 2 aromatic carbocycles. The monoisotopic (exact) mass is 329 g/mol. The first-order valence-corrected chi connectivity index (χ1v) is 6.71. The van der Waals surface area contributed by atoms with E-state index in [1.165, 1.54) is 12.1 Å². The fraction of sp³-hybridized carbons (Fsp3) is 0.0667. The molecule has 0 radical (unpaired) electrons. The third kappa shape index (κ3) is 2.08. The summed E-state index contributed by atoms with van der Waals surface area (Å²) >= 11 is 3.28. The molecule has 0 fully saturated rings. The number of benzene rings is 2. The number of hydrogen-bond donors (Lipinski definition) is 0. The summed E-state index contributed by atoms with van der Waals surface area (Å²) in [7, 11) is 1.87. The highest BCUT2D eigenvalue weighted by Crippen LogP contribution is 2.27. The van der Waals surface area contributed by atoms with Crippen LogP contribution in [0.2, 0.25) is 0 Å². The Balaban J connectivity index is 2.26. The third-order valence-corrected chi connectivity index (χ3v) is 3.59. The minimum Gasteiger partial charge on any atom is -0.327 e. The van der Waals surface area contributed by atoms with Gasteiger partial charge < -0.3 is 4.57 Å². The highest BCUT2D eigenvalue weighted by Gasteiger charge is 2.11. The molecule has 98 valence electrons. The highest BCUT2D eigenvalue weighted by atomic mass is 79.9. The van der Waals surface area contributed by atoms with E-state index >= 15 is 0 Å². The van der Waals surface area contributed by atoms with Gasteiger partial charge in [-0.05, 0) is 36.4 Å². The second-order valence-corrected chi connectivity index (χ2v) is 5.38. The first-order valence-electron chi connectivity index (χ1n) is 5.91. The quantitative estimate of drug-likeness (QED) is 0.676. The predicted octanol–water partition coefficient (Wildman–Crippen LogP) is 4.01. The Morgan fingerprint density at radius 2 is 2.05 bits per heavy atom. The molecule has 3 aromatic rings. The van der Waals surface area contributed by atoms with Crippen molar-refractivity contribution < 1.29 is 4.39 Å². The summed E-state index contributed by atoms with van der Waals surface area (Å²) < 4.78 is 16.1. The maximum Gasteiger partial charge on any atom is 0.141 e. The van der Waals surface area contributed by atoms with E-state index in [0.29, 0.717) is 21.4 Å². The van der Waals surface area contributed by atoms with Crippen molar-refractivity contribution in [3.63, 3.8) is 0 Å². The zero-order valence-corrected chi connectivity index (χ0v) is 12.1. The minimum absolute atomic E-state index is 0.320. The minimum atomic E-state index is -0.320. The molecule has 1 aromatic heterocycles. The summed E-state index contributed by atoms with van der Waals surface area (Å²) in [5, 5.41) is 8.92. The van der Waals surface area contributed by atoms with Crippen LogP contribution in [0.4, 0.5) is 4.39 Å². The second kappa shape index (κ2) is 4.73. The van der Waals surface area contributed by atoms with Gasteiger partial charge in [-0.25, -0.2) is 9.37 Å². The zero-order valence-electron chi connectivity index (χ0n) is 10.6. The smallest absolute Gasteiger partial charge is 0.141 e. The molecule has 3 nitrogen and oxygen atoms in total. The normalized spacial score (nSPS) is 10.7. The molecule has 0 saturated heterocycles. The van der Waals surface area contributed by atoms with Crippen molar-refractivity contribution in [1.82, 2.24) is 9.55 Å². The number of nitrogens with zero attached hydrogens (tertiary/aromatic N) is 3. The van der Waals surface area contributed by atoms with Crippen molar-refractivity contribution in [1.29, 1.82) is 5.26 Å². The third-order valence-electron chi connectivity index (χ3n) is 3.13. The molecule has 0 aliphatic heterocycles. The van der Waals surface area contributed by atoms with Gasteiger partial charge in [-0.15, -0.1) is 0 Å². The Morgan fingerprint density at radius 1 is 1.25 bits per heavy atom. The van der Waals surface area contributed by atoms with E-state index in [0.717, 1.165) is 11.0 Å². The topological polar surface area (TPSA) is 41.6 Å². The van der Waals surface area contributed by atoms with Crippen LogP contribution in [0.3, 0.4) is 0 Å². The number of aryl methyl sites for hydroxylation is 1. The van der Waals surface area contributed by atoms with Gasteiger partial charge in [0.15, 0.2) is 0 Å². The second-order valence-electron chi connectivity index (χ2n) is 4.47. The van der Waals surface area contributed by atoms with E-state index in [1.807, 2.05) is 23.7 Å². The molecule has 0 saturated carbocycles. The van der Waals surface area contributed by atoms with Crippen LogP contribution >= 0.6 is 15.9 Å². The van der Waals surface area contributed by atoms with Crippen LogP contribution in [0.5, 0.6) is 0 Å². The Morgan fingerprint density at radius 3 is 2.75 bits per heavy atom. The van der Waals surface area contributed by atoms with Gasteiger partial charge in [0.05, 0.1) is 22.7 Å². The molecular weight excluding hydrogens is 321 g/mol. The van der Waals surface area contributed by atoms with Crippen LogP contribution in [-0.4, -0.2) is 9.55 Å². The lowest BCUT2D eigenvalue weighted by Crippen LogP contribution is -1.93. The molecule has 1 heterocycles. The first kappa shape index (κ1) is 12.8. The van der Waals surface area contributed by atoms with Gasteiger partial charge in [-0.2, -0.15) is 5.26 Å². The molecule has 3 rings (SSSR count). The molecule has 0 aliphatic rings. The SMILES string of the molecule is Cn1c(-c2cc(F)cc(Br)c2)nc2cc(C#N)ccc21. The van der Waals surface area contributed by atoms with Crippen molar-refractivity contribution in [3.05, 3.63) is 52.3 Å². The van der Waals surface area contributed by atoms with Gasteiger partial charge in [-0.1, -0.05) is 15.9 Å². The van der Waals surface area contributed by atoms with Crippen LogP contribution < -0.4 is 0 Å². The average molecular weight is 330 g/mol. The van der Waals surface area contributed by atoms with E-state index in [-0.39, 0.29) is 5.82 Å². The molecule has 0 atom stereocenters. The van der Waals surface area contributed by atoms with Crippen LogP contribution in [-0.2, 0) is 7.05 Å². The molecule has 0 spiro atoms. The lowest BCUT2D eigenvalue weighted by Gasteiger charge is -2.03. The lowest BCUT2D eigenvalue weighted by molar-refractivity contribution is 0.627. The number of nitriles is 1. The van der Waals surface area contributed by atoms with E-state index in [9.17, 15) is 4.39 Å². The fourth-order valence-electron chi connectivity index (χ4n) is 2.21. The summed E-state index contributed by atoms with van der Waals surface area (Å²) in [4.78, 5) is 4.50. The Kier molecular flexibility index (Phi) is 3.03. The van der Waals surface area contributed by atoms with Crippen molar-refractivity contribution in [2.24, 2.45) is 7.05 Å². The molecule has 5 heteroatoms. The Bertz CT molecular complexity index is 841. The number of halogens is 2. The van der Waals surface area contributed by atoms with E-state index in [1.54, 1.807) is 12.1 Å². The van der Waals surface area contributed by atoms with Gasteiger partial charge >= 0.3 is 0 Å². The summed E-state index contributed by atoms with van der Waals surface area (Å²) in [5.41, 5.74) is 2.87. The molecule has 0 aliphatic carbocycles. The fourth-order valence-corrected chi connectivity index (χ4v) is 2.68. The number of fused-ring (bicyclic) bond motifs is 1. The summed E-state index contributed by atoms with van der Waals surface area (Å²) in [6.45, 7) is 0. The van der Waals surface area contributed by atoms with Crippen molar-refractivity contribution >= 4 is 27.0 Å². The summed E-state index contributed by atoms with van der Waals surface area (Å²) in [6.07, 6.45) is 0. The average Bonchev–Trinajstić information content (AvgIpc) is 2.74. The van der Waals surface area contributed by atoms with Crippen molar-refractivity contribution in [3.8, 4) is 17.5 Å². The number of aromatic nitrogens is 2. The standard InChI is InChI=1S/C15H9BrFN3/c1-20-14-3-2-9(8-18)4-13(14)19-15(20)10-5-11(16)7-12(17)6-10/h2-7H,1H3. The summed E-state index contributed by atoms with van der Waals surface area (Å²) in [6, 6.07) is 12.1. The van der Waals surface area contributed by atoms with Crippen LogP contribution in [0.1, 0.15) is 5.56 Å². The molecule has 0 bridgehead atoms. The van der Waals surface area contributed by atoms with Crippen molar-refractivity contribution in [2.75, 3.05) is 0 Å². The summed E-state index contributed by atoms with van der Waals surface area (Å²) in [5.74, 6) is 0.342. The van der Waals surface area contributed by atoms with Gasteiger partial charge in [-0.3, -0.25) is 0 Å². The Hall–Kier alpha value is -2.19. The maximum atomic E-state index is 13.5. The van der Waals surface area contributed by atoms with Crippen molar-refractivity contribution in [2.45, 2.75) is 0 Å².